The molecule has 0 bridgehead atoms. The summed E-state index contributed by atoms with van der Waals surface area (Å²) in [6, 6.07) is 7.63. The Morgan fingerprint density at radius 1 is 1.44 bits per heavy atom. The van der Waals surface area contributed by atoms with Gasteiger partial charge >= 0.3 is 0 Å². The third-order valence-electron chi connectivity index (χ3n) is 2.74. The second kappa shape index (κ2) is 5.87. The van der Waals surface area contributed by atoms with E-state index < -0.39 is 5.60 Å². The first-order valence-electron chi connectivity index (χ1n) is 5.68. The molecule has 0 fully saturated rings. The molecule has 0 radical (unpaired) electrons. The molecule has 0 saturated carbocycles. The van der Waals surface area contributed by atoms with E-state index in [1.807, 2.05) is 31.3 Å². The number of hydrogen-bond acceptors (Lipinski definition) is 3. The number of ether oxygens (including phenoxy) is 1. The molecule has 1 atom stereocenters. The molecule has 16 heavy (non-hydrogen) atoms. The number of likely N-dealkylation sites (N-methyl/N-ethyl adjacent to an activating group) is 1. The van der Waals surface area contributed by atoms with Crippen molar-refractivity contribution in [3.63, 3.8) is 0 Å². The maximum absolute atomic E-state index is 10.6. The Morgan fingerprint density at radius 2 is 2.19 bits per heavy atom. The molecule has 0 aliphatic heterocycles. The van der Waals surface area contributed by atoms with E-state index in [1.165, 1.54) is 0 Å². The molecule has 3 nitrogen and oxygen atoms in total. The van der Waals surface area contributed by atoms with E-state index in [1.54, 1.807) is 7.11 Å². The lowest BCUT2D eigenvalue weighted by atomic mass is 9.89. The van der Waals surface area contributed by atoms with Gasteiger partial charge in [-0.05, 0) is 31.2 Å². The van der Waals surface area contributed by atoms with Crippen LogP contribution in [0.1, 0.15) is 25.3 Å². The highest BCUT2D eigenvalue weighted by molar-refractivity contribution is 5.32. The lowest BCUT2D eigenvalue weighted by Gasteiger charge is -2.28. The molecule has 1 aromatic rings. The van der Waals surface area contributed by atoms with Crippen molar-refractivity contribution in [3.8, 4) is 5.75 Å². The Kier molecular flexibility index (Phi) is 4.77. The molecule has 1 unspecified atom stereocenters. The van der Waals surface area contributed by atoms with Gasteiger partial charge in [0.15, 0.2) is 0 Å². The summed E-state index contributed by atoms with van der Waals surface area (Å²) >= 11 is 0. The van der Waals surface area contributed by atoms with Crippen LogP contribution >= 0.6 is 0 Å². The van der Waals surface area contributed by atoms with Crippen molar-refractivity contribution in [1.82, 2.24) is 5.32 Å². The molecule has 1 aromatic carbocycles. The van der Waals surface area contributed by atoms with Crippen molar-refractivity contribution >= 4 is 0 Å². The lowest BCUT2D eigenvalue weighted by Crippen LogP contribution is -2.36. The minimum Gasteiger partial charge on any atom is -0.497 e. The van der Waals surface area contributed by atoms with Gasteiger partial charge in [0.2, 0.25) is 0 Å². The lowest BCUT2D eigenvalue weighted by molar-refractivity contribution is 0.0287. The molecule has 3 heteroatoms. The van der Waals surface area contributed by atoms with Gasteiger partial charge in [0, 0.05) is 6.54 Å². The Hall–Kier alpha value is -1.06. The number of aliphatic hydroxyl groups is 1. The standard InChI is InChI=1S/C13H21NO2/c1-4-8-13(15,10-14-2)11-6-5-7-12(9-11)16-3/h5-7,9,14-15H,4,8,10H2,1-3H3. The molecule has 0 spiro atoms. The summed E-state index contributed by atoms with van der Waals surface area (Å²) in [5.41, 5.74) is 0.0981. The quantitative estimate of drug-likeness (QED) is 0.774. The fourth-order valence-corrected chi connectivity index (χ4v) is 1.95. The Morgan fingerprint density at radius 3 is 2.75 bits per heavy atom. The topological polar surface area (TPSA) is 41.5 Å². The third-order valence-corrected chi connectivity index (χ3v) is 2.74. The minimum atomic E-state index is -0.808. The average Bonchev–Trinajstić information content (AvgIpc) is 2.30. The van der Waals surface area contributed by atoms with E-state index in [0.29, 0.717) is 6.54 Å². The monoisotopic (exact) mass is 223 g/mol. The summed E-state index contributed by atoms with van der Waals surface area (Å²) in [6.07, 6.45) is 1.68. The van der Waals surface area contributed by atoms with Crippen LogP contribution in [0, 0.1) is 0 Å². The van der Waals surface area contributed by atoms with Crippen LogP contribution in [-0.2, 0) is 5.60 Å². The van der Waals surface area contributed by atoms with Crippen LogP contribution in [0.2, 0.25) is 0 Å². The van der Waals surface area contributed by atoms with Gasteiger partial charge in [-0.25, -0.2) is 0 Å². The van der Waals surface area contributed by atoms with E-state index >= 15 is 0 Å². The summed E-state index contributed by atoms with van der Waals surface area (Å²) in [6.45, 7) is 2.62. The van der Waals surface area contributed by atoms with Gasteiger partial charge in [-0.3, -0.25) is 0 Å². The number of nitrogens with one attached hydrogen (secondary N) is 1. The van der Waals surface area contributed by atoms with Crippen molar-refractivity contribution in [3.05, 3.63) is 29.8 Å². The largest absolute Gasteiger partial charge is 0.497 e. The van der Waals surface area contributed by atoms with E-state index in [9.17, 15) is 5.11 Å². The fourth-order valence-electron chi connectivity index (χ4n) is 1.95. The van der Waals surface area contributed by atoms with Crippen LogP contribution in [-0.4, -0.2) is 25.8 Å². The fraction of sp³-hybridized carbons (Fsp3) is 0.538. The zero-order valence-corrected chi connectivity index (χ0v) is 10.3. The van der Waals surface area contributed by atoms with Gasteiger partial charge in [0.1, 0.15) is 11.4 Å². The van der Waals surface area contributed by atoms with E-state index in [4.69, 9.17) is 4.74 Å². The van der Waals surface area contributed by atoms with Crippen LogP contribution in [0.3, 0.4) is 0 Å². The van der Waals surface area contributed by atoms with Gasteiger partial charge in [-0.15, -0.1) is 0 Å². The molecule has 0 saturated heterocycles. The molecule has 2 N–H and O–H groups in total. The Bertz CT molecular complexity index is 319. The maximum atomic E-state index is 10.6. The highest BCUT2D eigenvalue weighted by atomic mass is 16.5. The molecule has 0 aliphatic rings. The summed E-state index contributed by atoms with van der Waals surface area (Å²) in [5.74, 6) is 0.781. The Labute approximate surface area is 97.4 Å². The molecule has 0 aliphatic carbocycles. The molecule has 0 heterocycles. The molecule has 0 amide bonds. The van der Waals surface area contributed by atoms with Crippen LogP contribution in [0.15, 0.2) is 24.3 Å². The smallest absolute Gasteiger partial charge is 0.119 e. The molecule has 90 valence electrons. The van der Waals surface area contributed by atoms with Gasteiger partial charge < -0.3 is 15.2 Å². The summed E-state index contributed by atoms with van der Waals surface area (Å²) in [5, 5.41) is 13.6. The van der Waals surface area contributed by atoms with Gasteiger partial charge in [-0.2, -0.15) is 0 Å². The van der Waals surface area contributed by atoms with Crippen molar-refractivity contribution in [2.75, 3.05) is 20.7 Å². The molecular formula is C13H21NO2. The normalized spacial score (nSPS) is 14.5. The van der Waals surface area contributed by atoms with Crippen molar-refractivity contribution < 1.29 is 9.84 Å². The summed E-state index contributed by atoms with van der Waals surface area (Å²) in [7, 11) is 3.48. The first-order valence-corrected chi connectivity index (χ1v) is 5.68. The highest BCUT2D eigenvalue weighted by Crippen LogP contribution is 2.28. The average molecular weight is 223 g/mol. The van der Waals surface area contributed by atoms with Crippen molar-refractivity contribution in [2.24, 2.45) is 0 Å². The van der Waals surface area contributed by atoms with Gasteiger partial charge in [-0.1, -0.05) is 25.5 Å². The SMILES string of the molecule is CCCC(O)(CNC)c1cccc(OC)c1. The zero-order chi connectivity index (χ0) is 12.0. The van der Waals surface area contributed by atoms with E-state index in [0.717, 1.165) is 24.2 Å². The predicted octanol–water partition coefficient (Wildman–Crippen LogP) is 1.90. The molecule has 0 aromatic heterocycles. The number of rotatable bonds is 6. The molecule has 1 rings (SSSR count). The minimum absolute atomic E-state index is 0.550. The maximum Gasteiger partial charge on any atom is 0.119 e. The van der Waals surface area contributed by atoms with Gasteiger partial charge in [0.05, 0.1) is 7.11 Å². The van der Waals surface area contributed by atoms with Crippen molar-refractivity contribution in [2.45, 2.75) is 25.4 Å². The van der Waals surface area contributed by atoms with Crippen LogP contribution < -0.4 is 10.1 Å². The van der Waals surface area contributed by atoms with Crippen LogP contribution in [0.5, 0.6) is 5.75 Å². The third kappa shape index (κ3) is 2.97. The number of hydrogen-bond donors (Lipinski definition) is 2. The van der Waals surface area contributed by atoms with Crippen LogP contribution in [0.25, 0.3) is 0 Å². The number of methoxy groups -OCH3 is 1. The second-order valence-corrected chi connectivity index (χ2v) is 4.04. The van der Waals surface area contributed by atoms with Gasteiger partial charge in [0.25, 0.3) is 0 Å². The van der Waals surface area contributed by atoms with Crippen molar-refractivity contribution in [1.29, 1.82) is 0 Å². The van der Waals surface area contributed by atoms with Crippen LogP contribution in [0.4, 0.5) is 0 Å². The zero-order valence-electron chi connectivity index (χ0n) is 10.3. The van der Waals surface area contributed by atoms with E-state index in [2.05, 4.69) is 12.2 Å². The summed E-state index contributed by atoms with van der Waals surface area (Å²) < 4.78 is 5.17. The predicted molar refractivity (Wildman–Crippen MR) is 65.7 cm³/mol. The number of benzene rings is 1. The first-order chi connectivity index (χ1) is 7.66. The molecular weight excluding hydrogens is 202 g/mol. The summed E-state index contributed by atoms with van der Waals surface area (Å²) in [4.78, 5) is 0. The Balaban J connectivity index is 2.99. The second-order valence-electron chi connectivity index (χ2n) is 4.04. The van der Waals surface area contributed by atoms with E-state index in [-0.39, 0.29) is 0 Å². The highest BCUT2D eigenvalue weighted by Gasteiger charge is 2.27. The first kappa shape index (κ1) is 13.0.